The Morgan fingerprint density at radius 3 is 2.69 bits per heavy atom. The standard InChI is InChI=1S/C18H17N3O4S/c22-16-15(26-18(25)20-16)8-10-1-6-14-13(7-10)19-9-21(14)12-4-2-11(3-5-12)17(23)24/h1,6-9,11-12H,2-5H2,(H,23,24)(H,20,22,25)/b15-8-. The first-order valence-electron chi connectivity index (χ1n) is 8.45. The highest BCUT2D eigenvalue weighted by molar-refractivity contribution is 8.18. The lowest BCUT2D eigenvalue weighted by atomic mass is 9.86. The van der Waals surface area contributed by atoms with Gasteiger partial charge in [0.15, 0.2) is 0 Å². The minimum atomic E-state index is -0.705. The van der Waals surface area contributed by atoms with Crippen LogP contribution in [0.3, 0.4) is 0 Å². The predicted octanol–water partition coefficient (Wildman–Crippen LogP) is 3.18. The number of imide groups is 1. The zero-order valence-electron chi connectivity index (χ0n) is 13.8. The van der Waals surface area contributed by atoms with Crippen LogP contribution >= 0.6 is 11.8 Å². The molecular formula is C18H17N3O4S. The molecule has 4 rings (SSSR count). The van der Waals surface area contributed by atoms with E-state index in [1.165, 1.54) is 0 Å². The molecule has 134 valence electrons. The Bertz CT molecular complexity index is 941. The molecule has 2 fully saturated rings. The first-order valence-corrected chi connectivity index (χ1v) is 9.27. The number of benzene rings is 1. The smallest absolute Gasteiger partial charge is 0.306 e. The van der Waals surface area contributed by atoms with Gasteiger partial charge in [-0.25, -0.2) is 4.98 Å². The first kappa shape index (κ1) is 16.8. The summed E-state index contributed by atoms with van der Waals surface area (Å²) in [7, 11) is 0. The third-order valence-electron chi connectivity index (χ3n) is 4.98. The molecule has 0 unspecified atom stereocenters. The maximum absolute atomic E-state index is 11.7. The molecule has 0 atom stereocenters. The Labute approximate surface area is 153 Å². The predicted molar refractivity (Wildman–Crippen MR) is 97.5 cm³/mol. The number of aliphatic carboxylic acids is 1. The van der Waals surface area contributed by atoms with Crippen molar-refractivity contribution in [2.75, 3.05) is 0 Å². The first-order chi connectivity index (χ1) is 12.5. The molecule has 26 heavy (non-hydrogen) atoms. The van der Waals surface area contributed by atoms with Gasteiger partial charge in [0.2, 0.25) is 0 Å². The van der Waals surface area contributed by atoms with Gasteiger partial charge in [-0.15, -0.1) is 0 Å². The second-order valence-corrected chi connectivity index (χ2v) is 7.61. The molecule has 2 N–H and O–H groups in total. The van der Waals surface area contributed by atoms with Crippen molar-refractivity contribution in [1.29, 1.82) is 0 Å². The summed E-state index contributed by atoms with van der Waals surface area (Å²) in [5.74, 6) is -1.32. The van der Waals surface area contributed by atoms with Crippen molar-refractivity contribution >= 4 is 46.0 Å². The number of imidazole rings is 1. The molecule has 0 bridgehead atoms. The second-order valence-electron chi connectivity index (χ2n) is 6.60. The Balaban J connectivity index is 1.57. The molecule has 1 saturated heterocycles. The fourth-order valence-electron chi connectivity index (χ4n) is 3.60. The quantitative estimate of drug-likeness (QED) is 0.804. The van der Waals surface area contributed by atoms with Crippen molar-refractivity contribution in [1.82, 2.24) is 14.9 Å². The number of nitrogens with one attached hydrogen (secondary N) is 1. The lowest BCUT2D eigenvalue weighted by molar-refractivity contribution is -0.143. The van der Waals surface area contributed by atoms with E-state index in [0.717, 1.165) is 41.2 Å². The van der Waals surface area contributed by atoms with Crippen LogP contribution in [0.5, 0.6) is 0 Å². The fourth-order valence-corrected chi connectivity index (χ4v) is 4.29. The summed E-state index contributed by atoms with van der Waals surface area (Å²) in [5.41, 5.74) is 2.62. The van der Waals surface area contributed by atoms with Crippen LogP contribution in [-0.4, -0.2) is 31.8 Å². The average molecular weight is 371 g/mol. The maximum atomic E-state index is 11.7. The van der Waals surface area contributed by atoms with E-state index in [9.17, 15) is 14.4 Å². The van der Waals surface area contributed by atoms with E-state index in [-0.39, 0.29) is 23.1 Å². The van der Waals surface area contributed by atoms with Crippen molar-refractivity contribution in [3.8, 4) is 0 Å². The number of amides is 2. The number of carbonyl (C=O) groups excluding carboxylic acids is 2. The third-order valence-corrected chi connectivity index (χ3v) is 5.79. The molecule has 1 aliphatic carbocycles. The number of aromatic nitrogens is 2. The molecule has 1 aromatic heterocycles. The number of nitrogens with zero attached hydrogens (tertiary/aromatic N) is 2. The van der Waals surface area contributed by atoms with Gasteiger partial charge in [0, 0.05) is 6.04 Å². The Morgan fingerprint density at radius 1 is 1.27 bits per heavy atom. The van der Waals surface area contributed by atoms with Gasteiger partial charge in [-0.05, 0) is 61.2 Å². The van der Waals surface area contributed by atoms with Crippen molar-refractivity contribution < 1.29 is 19.5 Å². The van der Waals surface area contributed by atoms with E-state index < -0.39 is 5.97 Å². The minimum Gasteiger partial charge on any atom is -0.481 e. The number of thioether (sulfide) groups is 1. The zero-order chi connectivity index (χ0) is 18.3. The molecule has 8 heteroatoms. The second kappa shape index (κ2) is 6.60. The summed E-state index contributed by atoms with van der Waals surface area (Å²) < 4.78 is 2.12. The van der Waals surface area contributed by atoms with Gasteiger partial charge < -0.3 is 9.67 Å². The van der Waals surface area contributed by atoms with Crippen LogP contribution in [0, 0.1) is 5.92 Å². The molecule has 2 amide bonds. The van der Waals surface area contributed by atoms with Crippen LogP contribution < -0.4 is 5.32 Å². The van der Waals surface area contributed by atoms with E-state index in [1.807, 2.05) is 18.2 Å². The number of carboxylic acids is 1. The van der Waals surface area contributed by atoms with Gasteiger partial charge in [0.1, 0.15) is 0 Å². The third kappa shape index (κ3) is 3.12. The molecule has 1 saturated carbocycles. The molecule has 0 spiro atoms. The number of carbonyl (C=O) groups is 3. The summed E-state index contributed by atoms with van der Waals surface area (Å²) in [6.07, 6.45) is 6.50. The normalized spacial score (nSPS) is 25.0. The van der Waals surface area contributed by atoms with E-state index in [2.05, 4.69) is 14.9 Å². The van der Waals surface area contributed by atoms with Crippen LogP contribution in [0.4, 0.5) is 4.79 Å². The van der Waals surface area contributed by atoms with Gasteiger partial charge in [-0.2, -0.15) is 0 Å². The van der Waals surface area contributed by atoms with Gasteiger partial charge in [0.25, 0.3) is 11.1 Å². The van der Waals surface area contributed by atoms with Crippen LogP contribution in [0.2, 0.25) is 0 Å². The molecule has 1 aromatic carbocycles. The minimum absolute atomic E-state index is 0.239. The number of fused-ring (bicyclic) bond motifs is 1. The number of rotatable bonds is 3. The number of hydrogen-bond acceptors (Lipinski definition) is 5. The van der Waals surface area contributed by atoms with Crippen LogP contribution in [0.25, 0.3) is 17.1 Å². The van der Waals surface area contributed by atoms with Crippen molar-refractivity contribution in [2.45, 2.75) is 31.7 Å². The Kier molecular flexibility index (Phi) is 4.28. The summed E-state index contributed by atoms with van der Waals surface area (Å²) in [4.78, 5) is 38.8. The Morgan fingerprint density at radius 2 is 2.04 bits per heavy atom. The molecule has 0 radical (unpaired) electrons. The SMILES string of the molecule is O=C1NC(=O)/C(=C/c2ccc3c(c2)ncn3C2CCC(C(=O)O)CC2)S1. The van der Waals surface area contributed by atoms with E-state index in [1.54, 1.807) is 12.4 Å². The topological polar surface area (TPSA) is 101 Å². The fraction of sp³-hybridized carbons (Fsp3) is 0.333. The monoisotopic (exact) mass is 371 g/mol. The summed E-state index contributed by atoms with van der Waals surface area (Å²) in [6, 6.07) is 6.00. The van der Waals surface area contributed by atoms with Gasteiger partial charge in [-0.1, -0.05) is 6.07 Å². The van der Waals surface area contributed by atoms with Crippen LogP contribution in [0.15, 0.2) is 29.4 Å². The molecular weight excluding hydrogens is 354 g/mol. The van der Waals surface area contributed by atoms with E-state index in [0.29, 0.717) is 17.7 Å². The summed E-state index contributed by atoms with van der Waals surface area (Å²) >= 11 is 0.892. The molecule has 2 heterocycles. The molecule has 2 aromatic rings. The highest BCUT2D eigenvalue weighted by Gasteiger charge is 2.28. The molecule has 1 aliphatic heterocycles. The Hall–Kier alpha value is -2.61. The van der Waals surface area contributed by atoms with E-state index >= 15 is 0 Å². The number of carboxylic acid groups (broad SMARTS) is 1. The molecule has 7 nitrogen and oxygen atoms in total. The maximum Gasteiger partial charge on any atom is 0.306 e. The van der Waals surface area contributed by atoms with Crippen LogP contribution in [0.1, 0.15) is 37.3 Å². The average Bonchev–Trinajstić information content (AvgIpc) is 3.17. The van der Waals surface area contributed by atoms with Crippen LogP contribution in [-0.2, 0) is 9.59 Å². The summed E-state index contributed by atoms with van der Waals surface area (Å²) in [6.45, 7) is 0. The highest BCUT2D eigenvalue weighted by atomic mass is 32.2. The van der Waals surface area contributed by atoms with Crippen molar-refractivity contribution in [3.05, 3.63) is 35.0 Å². The van der Waals surface area contributed by atoms with Gasteiger partial charge in [-0.3, -0.25) is 19.7 Å². The van der Waals surface area contributed by atoms with E-state index in [4.69, 9.17) is 5.11 Å². The molecule has 2 aliphatic rings. The highest BCUT2D eigenvalue weighted by Crippen LogP contribution is 2.34. The number of hydrogen-bond donors (Lipinski definition) is 2. The summed E-state index contributed by atoms with van der Waals surface area (Å²) in [5, 5.41) is 11.0. The largest absolute Gasteiger partial charge is 0.481 e. The lowest BCUT2D eigenvalue weighted by Gasteiger charge is -2.27. The van der Waals surface area contributed by atoms with Gasteiger partial charge >= 0.3 is 5.97 Å². The van der Waals surface area contributed by atoms with Crippen molar-refractivity contribution in [3.63, 3.8) is 0 Å². The van der Waals surface area contributed by atoms with Gasteiger partial charge in [0.05, 0.1) is 28.2 Å². The van der Waals surface area contributed by atoms with Crippen molar-refractivity contribution in [2.24, 2.45) is 5.92 Å². The lowest BCUT2D eigenvalue weighted by Crippen LogP contribution is -2.23. The zero-order valence-corrected chi connectivity index (χ0v) is 14.7.